The van der Waals surface area contributed by atoms with Crippen molar-refractivity contribution in [3.8, 4) is 11.1 Å². The van der Waals surface area contributed by atoms with E-state index in [1.165, 1.54) is 10.6 Å². The third-order valence-corrected chi connectivity index (χ3v) is 7.26. The lowest BCUT2D eigenvalue weighted by Gasteiger charge is -2.31. The van der Waals surface area contributed by atoms with Crippen molar-refractivity contribution in [1.29, 1.82) is 0 Å². The number of nitrogens with two attached hydrogens (primary N) is 1. The average molecular weight is 432 g/mol. The summed E-state index contributed by atoms with van der Waals surface area (Å²) in [6, 6.07) is 9.96. The number of benzene rings is 1. The number of para-hydroxylation sites is 1. The number of pyridine rings is 1. The summed E-state index contributed by atoms with van der Waals surface area (Å²) in [7, 11) is 3.13. The molecule has 0 spiro atoms. The van der Waals surface area contributed by atoms with Crippen molar-refractivity contribution in [2.24, 2.45) is 0 Å². The highest BCUT2D eigenvalue weighted by Gasteiger charge is 2.28. The van der Waals surface area contributed by atoms with Crippen molar-refractivity contribution in [2.75, 3.05) is 25.1 Å². The summed E-state index contributed by atoms with van der Waals surface area (Å²) in [6.07, 6.45) is 6.04. The number of piperidine rings is 1. The summed E-state index contributed by atoms with van der Waals surface area (Å²) in [6.45, 7) is 0.882. The molecule has 4 aromatic rings. The highest BCUT2D eigenvalue weighted by Crippen LogP contribution is 2.31. The van der Waals surface area contributed by atoms with Gasteiger partial charge >= 0.3 is 0 Å². The number of nitrogens with zero attached hydrogens (tertiary/aromatic N) is 5. The summed E-state index contributed by atoms with van der Waals surface area (Å²) in [4.78, 5) is 9.41. The van der Waals surface area contributed by atoms with Gasteiger partial charge in [0, 0.05) is 47.4 Å². The Morgan fingerprint density at radius 2 is 1.90 bits per heavy atom. The molecule has 0 bridgehead atoms. The first kappa shape index (κ1) is 20.0. The lowest BCUT2D eigenvalue weighted by molar-refractivity contribution is 0.319. The van der Waals surface area contributed by atoms with Crippen molar-refractivity contribution >= 4 is 45.7 Å². The molecule has 1 aliphatic rings. The summed E-state index contributed by atoms with van der Waals surface area (Å²) in [5.41, 5.74) is 10.7. The minimum atomic E-state index is -3.20. The smallest absolute Gasteiger partial charge is 0.211 e. The van der Waals surface area contributed by atoms with Gasteiger partial charge in [0.05, 0.1) is 18.0 Å². The molecular formula is C21H21BN6O2S. The van der Waals surface area contributed by atoms with Gasteiger partial charge in [-0.15, -0.1) is 0 Å². The number of anilines is 1. The number of nitrogen functional groups attached to an aromatic ring is 1. The molecule has 0 saturated carbocycles. The Morgan fingerprint density at radius 3 is 2.65 bits per heavy atom. The Labute approximate surface area is 181 Å². The van der Waals surface area contributed by atoms with Crippen molar-refractivity contribution in [3.63, 3.8) is 0 Å². The summed E-state index contributed by atoms with van der Waals surface area (Å²) in [5.74, 6) is 0.369. The fraction of sp³-hybridized carbons (Fsp3) is 0.286. The Kier molecular flexibility index (Phi) is 4.71. The van der Waals surface area contributed by atoms with E-state index in [1.807, 2.05) is 24.3 Å². The Hall–Kier alpha value is -2.98. The monoisotopic (exact) mass is 432 g/mol. The maximum Gasteiger partial charge on any atom is 0.211 e. The molecule has 2 radical (unpaired) electrons. The minimum Gasteiger partial charge on any atom is -0.384 e. The van der Waals surface area contributed by atoms with Gasteiger partial charge in [0.1, 0.15) is 13.7 Å². The van der Waals surface area contributed by atoms with Gasteiger partial charge < -0.3 is 5.73 Å². The van der Waals surface area contributed by atoms with Crippen LogP contribution in [0.1, 0.15) is 24.5 Å². The Morgan fingerprint density at radius 1 is 1.16 bits per heavy atom. The molecule has 2 N–H and O–H groups in total. The van der Waals surface area contributed by atoms with Gasteiger partial charge in [0.25, 0.3) is 0 Å². The van der Waals surface area contributed by atoms with E-state index in [4.69, 9.17) is 18.6 Å². The van der Waals surface area contributed by atoms with E-state index >= 15 is 0 Å². The van der Waals surface area contributed by atoms with E-state index in [2.05, 4.69) is 16.1 Å². The van der Waals surface area contributed by atoms with Crippen LogP contribution >= 0.6 is 0 Å². The summed E-state index contributed by atoms with van der Waals surface area (Å²) in [5, 5.41) is 5.42. The molecule has 0 atom stereocenters. The van der Waals surface area contributed by atoms with Crippen LogP contribution in [0.2, 0.25) is 0 Å². The van der Waals surface area contributed by atoms with Crippen molar-refractivity contribution in [2.45, 2.75) is 18.8 Å². The Balaban J connectivity index is 1.57. The van der Waals surface area contributed by atoms with Crippen LogP contribution < -0.4 is 11.2 Å². The van der Waals surface area contributed by atoms with Gasteiger partial charge in [-0.2, -0.15) is 9.61 Å². The van der Waals surface area contributed by atoms with E-state index in [9.17, 15) is 8.42 Å². The van der Waals surface area contributed by atoms with E-state index in [0.717, 1.165) is 22.0 Å². The van der Waals surface area contributed by atoms with Crippen LogP contribution in [0.4, 0.5) is 5.82 Å². The molecule has 4 heterocycles. The second kappa shape index (κ2) is 7.31. The van der Waals surface area contributed by atoms with E-state index in [1.54, 1.807) is 16.9 Å². The largest absolute Gasteiger partial charge is 0.384 e. The van der Waals surface area contributed by atoms with Crippen molar-refractivity contribution in [3.05, 3.63) is 48.4 Å². The first-order valence-electron chi connectivity index (χ1n) is 10.1. The molecule has 0 aliphatic carbocycles. The molecule has 156 valence electrons. The van der Waals surface area contributed by atoms with Gasteiger partial charge in [-0.05, 0) is 30.4 Å². The third-order valence-electron chi connectivity index (χ3n) is 5.96. The number of sulfonamides is 1. The molecule has 0 unspecified atom stereocenters. The SMILES string of the molecule is [B]c1c(C2CCN(S(C)(=O)=O)CC2)nc2c(-c3cnc4ccccc4c3)cnn2c1N. The van der Waals surface area contributed by atoms with Crippen molar-refractivity contribution in [1.82, 2.24) is 23.9 Å². The first-order chi connectivity index (χ1) is 14.8. The van der Waals surface area contributed by atoms with Gasteiger partial charge in [-0.3, -0.25) is 4.98 Å². The van der Waals surface area contributed by atoms with Crippen LogP contribution in [-0.4, -0.2) is 59.5 Å². The maximum atomic E-state index is 11.8. The van der Waals surface area contributed by atoms with E-state index < -0.39 is 10.0 Å². The molecule has 1 fully saturated rings. The van der Waals surface area contributed by atoms with Crippen LogP contribution in [0.15, 0.2) is 42.7 Å². The standard InChI is InChI=1S/C21H21BN6O2S/c1-31(29,30)27-8-6-13(7-9-27)19-18(22)20(23)28-21(26-19)16(12-25-28)15-10-14-4-2-3-5-17(14)24-11-15/h2-5,10-13H,6-9,23H2,1H3. The highest BCUT2D eigenvalue weighted by molar-refractivity contribution is 7.88. The molecule has 5 rings (SSSR count). The van der Waals surface area contributed by atoms with Gasteiger partial charge in [0.15, 0.2) is 5.65 Å². The molecule has 10 heteroatoms. The Bertz CT molecular complexity index is 1410. The minimum absolute atomic E-state index is 0.0304. The quantitative estimate of drug-likeness (QED) is 0.492. The maximum absolute atomic E-state index is 11.8. The predicted molar refractivity (Wildman–Crippen MR) is 122 cm³/mol. The van der Waals surface area contributed by atoms with E-state index in [0.29, 0.717) is 48.6 Å². The van der Waals surface area contributed by atoms with Gasteiger partial charge in [-0.25, -0.2) is 17.7 Å². The number of rotatable bonds is 3. The fourth-order valence-corrected chi connectivity index (χ4v) is 5.11. The fourth-order valence-electron chi connectivity index (χ4n) is 4.24. The van der Waals surface area contributed by atoms with Crippen LogP contribution in [0.5, 0.6) is 0 Å². The van der Waals surface area contributed by atoms with Gasteiger partial charge in [0.2, 0.25) is 10.0 Å². The first-order valence-corrected chi connectivity index (χ1v) is 11.9. The highest BCUT2D eigenvalue weighted by atomic mass is 32.2. The van der Waals surface area contributed by atoms with Gasteiger partial charge in [-0.1, -0.05) is 18.2 Å². The van der Waals surface area contributed by atoms with Crippen LogP contribution in [0.3, 0.4) is 0 Å². The molecule has 1 saturated heterocycles. The molecule has 1 aliphatic heterocycles. The second-order valence-electron chi connectivity index (χ2n) is 7.94. The second-order valence-corrected chi connectivity index (χ2v) is 9.93. The lowest BCUT2D eigenvalue weighted by Crippen LogP contribution is -2.38. The predicted octanol–water partition coefficient (Wildman–Crippen LogP) is 1.46. The number of hydrogen-bond donors (Lipinski definition) is 1. The molecule has 1 aromatic carbocycles. The van der Waals surface area contributed by atoms with Crippen molar-refractivity contribution < 1.29 is 8.42 Å². The molecule has 8 nitrogen and oxygen atoms in total. The third kappa shape index (κ3) is 3.45. The zero-order valence-corrected chi connectivity index (χ0v) is 17.9. The van der Waals surface area contributed by atoms with Crippen LogP contribution in [0.25, 0.3) is 27.7 Å². The number of aromatic nitrogens is 4. The zero-order chi connectivity index (χ0) is 21.8. The molecule has 31 heavy (non-hydrogen) atoms. The number of fused-ring (bicyclic) bond motifs is 2. The molecule has 3 aromatic heterocycles. The molecule has 0 amide bonds. The number of hydrogen-bond acceptors (Lipinski definition) is 6. The molecular weight excluding hydrogens is 411 g/mol. The summed E-state index contributed by atoms with van der Waals surface area (Å²) < 4.78 is 26.7. The zero-order valence-electron chi connectivity index (χ0n) is 17.1. The average Bonchev–Trinajstić information content (AvgIpc) is 3.19. The summed E-state index contributed by atoms with van der Waals surface area (Å²) >= 11 is 0. The topological polar surface area (TPSA) is 106 Å². The van der Waals surface area contributed by atoms with E-state index in [-0.39, 0.29) is 5.92 Å². The van der Waals surface area contributed by atoms with Crippen LogP contribution in [0, 0.1) is 0 Å². The normalized spacial score (nSPS) is 16.3. The van der Waals surface area contributed by atoms with Crippen LogP contribution in [-0.2, 0) is 10.0 Å². The lowest BCUT2D eigenvalue weighted by atomic mass is 9.84.